The molecule has 0 radical (unpaired) electrons. The monoisotopic (exact) mass is 237 g/mol. The molecule has 0 saturated carbocycles. The SMILES string of the molecule is CC12NC(Cc3cc(O)ccc31)c1ccccc12. The van der Waals surface area contributed by atoms with Crippen LogP contribution in [0.4, 0.5) is 0 Å². The lowest BCUT2D eigenvalue weighted by Gasteiger charge is -2.34. The minimum atomic E-state index is -0.109. The normalized spacial score (nSPS) is 27.7. The maximum atomic E-state index is 9.66. The molecule has 0 saturated heterocycles. The highest BCUT2D eigenvalue weighted by Gasteiger charge is 2.45. The van der Waals surface area contributed by atoms with Gasteiger partial charge in [-0.05, 0) is 47.7 Å². The molecule has 2 nitrogen and oxygen atoms in total. The van der Waals surface area contributed by atoms with Gasteiger partial charge in [-0.2, -0.15) is 0 Å². The third kappa shape index (κ3) is 1.11. The average Bonchev–Trinajstić information content (AvgIpc) is 2.60. The van der Waals surface area contributed by atoms with E-state index in [1.807, 2.05) is 6.07 Å². The second-order valence-corrected chi connectivity index (χ2v) is 5.45. The Morgan fingerprint density at radius 2 is 2.00 bits per heavy atom. The van der Waals surface area contributed by atoms with Crippen LogP contribution in [-0.4, -0.2) is 5.11 Å². The molecule has 0 fully saturated rings. The Morgan fingerprint density at radius 3 is 2.89 bits per heavy atom. The van der Waals surface area contributed by atoms with E-state index < -0.39 is 0 Å². The van der Waals surface area contributed by atoms with Gasteiger partial charge in [0.15, 0.2) is 0 Å². The Bertz CT molecular complexity index is 649. The molecule has 90 valence electrons. The van der Waals surface area contributed by atoms with Gasteiger partial charge in [0.2, 0.25) is 0 Å². The Morgan fingerprint density at radius 1 is 1.17 bits per heavy atom. The van der Waals surface area contributed by atoms with E-state index >= 15 is 0 Å². The summed E-state index contributed by atoms with van der Waals surface area (Å²) < 4.78 is 0. The molecule has 0 aromatic heterocycles. The molecule has 2 bridgehead atoms. The van der Waals surface area contributed by atoms with E-state index in [9.17, 15) is 5.11 Å². The van der Waals surface area contributed by atoms with Gasteiger partial charge in [-0.3, -0.25) is 5.32 Å². The van der Waals surface area contributed by atoms with E-state index in [4.69, 9.17) is 0 Å². The Labute approximate surface area is 106 Å². The van der Waals surface area contributed by atoms with Gasteiger partial charge in [0.1, 0.15) is 5.75 Å². The van der Waals surface area contributed by atoms with Crippen LogP contribution in [0.3, 0.4) is 0 Å². The number of hydrogen-bond donors (Lipinski definition) is 2. The average molecular weight is 237 g/mol. The van der Waals surface area contributed by atoms with Crippen molar-refractivity contribution in [1.29, 1.82) is 0 Å². The summed E-state index contributed by atoms with van der Waals surface area (Å²) in [6, 6.07) is 14.8. The topological polar surface area (TPSA) is 32.3 Å². The third-order valence-corrected chi connectivity index (χ3v) is 4.39. The molecule has 2 heteroatoms. The number of rotatable bonds is 0. The molecular weight excluding hydrogens is 222 g/mol. The molecule has 2 N–H and O–H groups in total. The number of benzene rings is 2. The predicted octanol–water partition coefficient (Wildman–Crippen LogP) is 2.86. The maximum Gasteiger partial charge on any atom is 0.115 e. The molecule has 18 heavy (non-hydrogen) atoms. The van der Waals surface area contributed by atoms with Crippen molar-refractivity contribution in [1.82, 2.24) is 5.32 Å². The number of nitrogens with one attached hydrogen (secondary N) is 1. The fourth-order valence-electron chi connectivity index (χ4n) is 3.60. The van der Waals surface area contributed by atoms with Crippen LogP contribution in [0.15, 0.2) is 42.5 Å². The summed E-state index contributed by atoms with van der Waals surface area (Å²) in [6.45, 7) is 2.24. The van der Waals surface area contributed by atoms with Crippen LogP contribution in [0.2, 0.25) is 0 Å². The van der Waals surface area contributed by atoms with Gasteiger partial charge in [-0.25, -0.2) is 0 Å². The zero-order valence-corrected chi connectivity index (χ0v) is 10.3. The minimum absolute atomic E-state index is 0.109. The van der Waals surface area contributed by atoms with Gasteiger partial charge < -0.3 is 5.11 Å². The van der Waals surface area contributed by atoms with E-state index in [0.29, 0.717) is 11.8 Å². The minimum Gasteiger partial charge on any atom is -0.508 e. The third-order valence-electron chi connectivity index (χ3n) is 4.39. The summed E-state index contributed by atoms with van der Waals surface area (Å²) in [7, 11) is 0. The van der Waals surface area contributed by atoms with Gasteiger partial charge >= 0.3 is 0 Å². The fraction of sp³-hybridized carbons (Fsp3) is 0.250. The highest BCUT2D eigenvalue weighted by atomic mass is 16.3. The first-order chi connectivity index (χ1) is 8.68. The maximum absolute atomic E-state index is 9.66. The quantitative estimate of drug-likeness (QED) is 0.738. The number of phenols is 1. The number of aromatic hydroxyl groups is 1. The predicted molar refractivity (Wildman–Crippen MR) is 70.6 cm³/mol. The van der Waals surface area contributed by atoms with E-state index in [0.717, 1.165) is 6.42 Å². The zero-order chi connectivity index (χ0) is 12.3. The van der Waals surface area contributed by atoms with Gasteiger partial charge in [-0.1, -0.05) is 30.3 Å². The van der Waals surface area contributed by atoms with Crippen LogP contribution in [0, 0.1) is 0 Å². The lowest BCUT2D eigenvalue weighted by molar-refractivity contribution is 0.386. The van der Waals surface area contributed by atoms with Gasteiger partial charge in [-0.15, -0.1) is 0 Å². The number of fused-ring (bicyclic) bond motifs is 7. The van der Waals surface area contributed by atoms with Crippen molar-refractivity contribution in [3.63, 3.8) is 0 Å². The molecule has 2 atom stereocenters. The molecular formula is C16H15NO. The largest absolute Gasteiger partial charge is 0.508 e. The van der Waals surface area contributed by atoms with Crippen molar-refractivity contribution in [3.05, 3.63) is 64.7 Å². The Hall–Kier alpha value is -1.80. The molecule has 4 rings (SSSR count). The Balaban J connectivity index is 2.02. The molecule has 2 aromatic rings. The molecule has 2 aliphatic rings. The summed E-state index contributed by atoms with van der Waals surface area (Å²) >= 11 is 0. The zero-order valence-electron chi connectivity index (χ0n) is 10.3. The molecule has 0 amide bonds. The van der Waals surface area contributed by atoms with Crippen LogP contribution in [0.25, 0.3) is 0 Å². The first-order valence-electron chi connectivity index (χ1n) is 6.38. The van der Waals surface area contributed by atoms with Crippen LogP contribution < -0.4 is 5.32 Å². The molecule has 2 aliphatic heterocycles. The van der Waals surface area contributed by atoms with E-state index in [1.54, 1.807) is 6.07 Å². The second-order valence-electron chi connectivity index (χ2n) is 5.45. The molecule has 2 unspecified atom stereocenters. The van der Waals surface area contributed by atoms with Crippen LogP contribution >= 0.6 is 0 Å². The second kappa shape index (κ2) is 3.15. The van der Waals surface area contributed by atoms with E-state index in [2.05, 4.69) is 42.6 Å². The van der Waals surface area contributed by atoms with Crippen LogP contribution in [0.5, 0.6) is 5.75 Å². The number of hydrogen-bond acceptors (Lipinski definition) is 2. The van der Waals surface area contributed by atoms with Gasteiger partial charge in [0.25, 0.3) is 0 Å². The van der Waals surface area contributed by atoms with E-state index in [-0.39, 0.29) is 5.54 Å². The Kier molecular flexibility index (Phi) is 1.78. The lowest BCUT2D eigenvalue weighted by atomic mass is 9.82. The molecule has 2 aromatic carbocycles. The first-order valence-corrected chi connectivity index (χ1v) is 6.38. The summed E-state index contributed by atoms with van der Waals surface area (Å²) in [5, 5.41) is 13.4. The number of phenolic OH excluding ortho intramolecular Hbond substituents is 1. The summed E-state index contributed by atoms with van der Waals surface area (Å²) in [4.78, 5) is 0. The van der Waals surface area contributed by atoms with Crippen LogP contribution in [0.1, 0.15) is 35.2 Å². The highest BCUT2D eigenvalue weighted by molar-refractivity contribution is 5.55. The van der Waals surface area contributed by atoms with E-state index in [1.165, 1.54) is 22.3 Å². The lowest BCUT2D eigenvalue weighted by Crippen LogP contribution is -2.41. The van der Waals surface area contributed by atoms with Crippen molar-refractivity contribution >= 4 is 0 Å². The van der Waals surface area contributed by atoms with Crippen molar-refractivity contribution < 1.29 is 5.11 Å². The fourth-order valence-corrected chi connectivity index (χ4v) is 3.60. The smallest absolute Gasteiger partial charge is 0.115 e. The standard InChI is InChI=1S/C16H15NO/c1-16-13-7-6-11(18)8-10(13)9-15(17-16)12-4-2-3-5-14(12)16/h2-8,15,17-18H,9H2,1H3. The summed E-state index contributed by atoms with van der Waals surface area (Å²) in [6.07, 6.45) is 0.955. The van der Waals surface area contributed by atoms with Crippen molar-refractivity contribution in [2.24, 2.45) is 0 Å². The van der Waals surface area contributed by atoms with Crippen LogP contribution in [-0.2, 0) is 12.0 Å². The summed E-state index contributed by atoms with van der Waals surface area (Å²) in [5.74, 6) is 0.364. The highest BCUT2D eigenvalue weighted by Crippen LogP contribution is 2.48. The summed E-state index contributed by atoms with van der Waals surface area (Å²) in [5.41, 5.74) is 5.22. The van der Waals surface area contributed by atoms with Crippen molar-refractivity contribution in [2.45, 2.75) is 24.9 Å². The van der Waals surface area contributed by atoms with Gasteiger partial charge in [0.05, 0.1) is 5.54 Å². The van der Waals surface area contributed by atoms with Crippen molar-refractivity contribution in [3.8, 4) is 5.75 Å². The van der Waals surface area contributed by atoms with Crippen molar-refractivity contribution in [2.75, 3.05) is 0 Å². The first kappa shape index (κ1) is 10.2. The molecule has 0 aliphatic carbocycles. The molecule has 0 spiro atoms. The molecule has 2 heterocycles. The van der Waals surface area contributed by atoms with Gasteiger partial charge in [0, 0.05) is 6.04 Å².